The molecular weight excluding hydrogens is 319 g/mol. The number of amides is 1. The zero-order chi connectivity index (χ0) is 18.2. The van der Waals surface area contributed by atoms with Gasteiger partial charge in [-0.2, -0.15) is 0 Å². The molecule has 0 unspecified atom stereocenters. The second-order valence-electron chi connectivity index (χ2n) is 5.64. The highest BCUT2D eigenvalue weighted by molar-refractivity contribution is 5.93. The summed E-state index contributed by atoms with van der Waals surface area (Å²) in [5.41, 5.74) is 3.27. The average molecular weight is 342 g/mol. The molecule has 6 heteroatoms. The molecule has 0 fully saturated rings. The van der Waals surface area contributed by atoms with E-state index in [4.69, 9.17) is 0 Å². The third kappa shape index (κ3) is 5.31. The fourth-order valence-corrected chi connectivity index (χ4v) is 2.33. The van der Waals surface area contributed by atoms with Gasteiger partial charge in [-0.25, -0.2) is 4.39 Å². The first-order chi connectivity index (χ1) is 12.0. The van der Waals surface area contributed by atoms with Crippen LogP contribution in [0.1, 0.15) is 27.0 Å². The molecule has 0 spiro atoms. The van der Waals surface area contributed by atoms with Crippen LogP contribution < -0.4 is 16.0 Å². The van der Waals surface area contributed by atoms with Crippen LogP contribution in [0.5, 0.6) is 0 Å². The second-order valence-corrected chi connectivity index (χ2v) is 5.64. The minimum absolute atomic E-state index is 0.105. The van der Waals surface area contributed by atoms with E-state index in [1.807, 2.05) is 18.2 Å². The van der Waals surface area contributed by atoms with E-state index in [1.54, 1.807) is 39.2 Å². The lowest BCUT2D eigenvalue weighted by atomic mass is 10.1. The van der Waals surface area contributed by atoms with E-state index in [0.717, 1.165) is 11.1 Å². The van der Waals surface area contributed by atoms with Crippen LogP contribution in [-0.2, 0) is 13.1 Å². The lowest BCUT2D eigenvalue weighted by Gasteiger charge is -2.12. The van der Waals surface area contributed by atoms with Gasteiger partial charge in [0.1, 0.15) is 5.82 Å². The van der Waals surface area contributed by atoms with Crippen molar-refractivity contribution >= 4 is 11.9 Å². The minimum Gasteiger partial charge on any atom is -0.355 e. The number of hydrogen-bond donors (Lipinski definition) is 3. The number of aryl methyl sites for hydroxylation is 1. The van der Waals surface area contributed by atoms with Crippen molar-refractivity contribution in [1.29, 1.82) is 0 Å². The molecule has 0 aliphatic carbocycles. The maximum absolute atomic E-state index is 13.3. The van der Waals surface area contributed by atoms with E-state index in [1.165, 1.54) is 6.07 Å². The largest absolute Gasteiger partial charge is 0.355 e. The Balaban J connectivity index is 1.87. The molecule has 0 atom stereocenters. The molecule has 2 rings (SSSR count). The summed E-state index contributed by atoms with van der Waals surface area (Å²) in [7, 11) is 3.30. The molecule has 2 aromatic carbocycles. The van der Waals surface area contributed by atoms with Gasteiger partial charge < -0.3 is 16.0 Å². The minimum atomic E-state index is -0.202. The third-order valence-corrected chi connectivity index (χ3v) is 3.81. The van der Waals surface area contributed by atoms with Crippen LogP contribution >= 0.6 is 0 Å². The molecule has 132 valence electrons. The fourth-order valence-electron chi connectivity index (χ4n) is 2.33. The van der Waals surface area contributed by atoms with Crippen LogP contribution in [0.25, 0.3) is 0 Å². The van der Waals surface area contributed by atoms with E-state index < -0.39 is 0 Å². The van der Waals surface area contributed by atoms with Gasteiger partial charge in [0, 0.05) is 32.7 Å². The molecule has 0 radical (unpaired) electrons. The average Bonchev–Trinajstić information content (AvgIpc) is 2.64. The summed E-state index contributed by atoms with van der Waals surface area (Å²) in [5, 5.41) is 9.00. The van der Waals surface area contributed by atoms with Gasteiger partial charge in [0.2, 0.25) is 0 Å². The van der Waals surface area contributed by atoms with Crippen LogP contribution in [0.15, 0.2) is 47.5 Å². The van der Waals surface area contributed by atoms with Crippen molar-refractivity contribution in [2.24, 2.45) is 4.99 Å². The summed E-state index contributed by atoms with van der Waals surface area (Å²) >= 11 is 0. The van der Waals surface area contributed by atoms with E-state index in [2.05, 4.69) is 20.9 Å². The Morgan fingerprint density at radius 3 is 2.20 bits per heavy atom. The zero-order valence-corrected chi connectivity index (χ0v) is 14.7. The molecule has 0 bridgehead atoms. The maximum atomic E-state index is 13.3. The van der Waals surface area contributed by atoms with Gasteiger partial charge in [-0.3, -0.25) is 9.79 Å². The van der Waals surface area contributed by atoms with E-state index in [-0.39, 0.29) is 11.7 Å². The number of halogens is 1. The Kier molecular flexibility index (Phi) is 6.51. The highest BCUT2D eigenvalue weighted by Gasteiger charge is 2.04. The third-order valence-electron chi connectivity index (χ3n) is 3.81. The summed E-state index contributed by atoms with van der Waals surface area (Å²) in [5.74, 6) is 0.343. The Labute approximate surface area is 147 Å². The van der Waals surface area contributed by atoms with Gasteiger partial charge >= 0.3 is 0 Å². The summed E-state index contributed by atoms with van der Waals surface area (Å²) in [4.78, 5) is 15.7. The Bertz CT molecular complexity index is 757. The number of rotatable bonds is 5. The van der Waals surface area contributed by atoms with Crippen molar-refractivity contribution in [1.82, 2.24) is 16.0 Å². The molecule has 0 aromatic heterocycles. The lowest BCUT2D eigenvalue weighted by Crippen LogP contribution is -2.36. The van der Waals surface area contributed by atoms with Crippen LogP contribution in [0.2, 0.25) is 0 Å². The van der Waals surface area contributed by atoms with Gasteiger partial charge in [0.05, 0.1) is 0 Å². The van der Waals surface area contributed by atoms with Crippen LogP contribution in [-0.4, -0.2) is 26.0 Å². The molecule has 25 heavy (non-hydrogen) atoms. The van der Waals surface area contributed by atoms with Crippen LogP contribution in [0.4, 0.5) is 4.39 Å². The SMILES string of the molecule is CN=C(NCc1ccc(C(=O)NC)cc1)NCc1ccc(F)c(C)c1. The zero-order valence-electron chi connectivity index (χ0n) is 14.7. The van der Waals surface area contributed by atoms with Crippen LogP contribution in [0.3, 0.4) is 0 Å². The molecule has 3 N–H and O–H groups in total. The molecule has 1 amide bonds. The molecule has 0 aliphatic heterocycles. The number of carbonyl (C=O) groups excluding carboxylic acids is 1. The second kappa shape index (κ2) is 8.82. The first kappa shape index (κ1) is 18.4. The maximum Gasteiger partial charge on any atom is 0.251 e. The van der Waals surface area contributed by atoms with Gasteiger partial charge in [-0.1, -0.05) is 24.3 Å². The van der Waals surface area contributed by atoms with Crippen molar-refractivity contribution in [2.75, 3.05) is 14.1 Å². The van der Waals surface area contributed by atoms with Gasteiger partial charge in [-0.15, -0.1) is 0 Å². The topological polar surface area (TPSA) is 65.5 Å². The van der Waals surface area contributed by atoms with Crippen molar-refractivity contribution in [3.05, 3.63) is 70.5 Å². The molecule has 0 aliphatic rings. The predicted molar refractivity (Wildman–Crippen MR) is 98.0 cm³/mol. The number of nitrogens with zero attached hydrogens (tertiary/aromatic N) is 1. The summed E-state index contributed by atoms with van der Waals surface area (Å²) in [6.07, 6.45) is 0. The van der Waals surface area contributed by atoms with Gasteiger partial charge in [0.25, 0.3) is 5.91 Å². The number of carbonyl (C=O) groups is 1. The number of guanidine groups is 1. The Hall–Kier alpha value is -2.89. The Morgan fingerprint density at radius 2 is 1.64 bits per heavy atom. The molecule has 0 heterocycles. The summed E-state index contributed by atoms with van der Waals surface area (Å²) < 4.78 is 13.3. The smallest absolute Gasteiger partial charge is 0.251 e. The highest BCUT2D eigenvalue weighted by Crippen LogP contribution is 2.09. The lowest BCUT2D eigenvalue weighted by molar-refractivity contribution is 0.0963. The first-order valence-electron chi connectivity index (χ1n) is 8.04. The monoisotopic (exact) mass is 342 g/mol. The van der Waals surface area contributed by atoms with E-state index >= 15 is 0 Å². The number of nitrogens with one attached hydrogen (secondary N) is 3. The van der Waals surface area contributed by atoms with E-state index in [0.29, 0.717) is 30.2 Å². The number of hydrogen-bond acceptors (Lipinski definition) is 2. The van der Waals surface area contributed by atoms with Gasteiger partial charge in [0.15, 0.2) is 5.96 Å². The molecule has 2 aromatic rings. The van der Waals surface area contributed by atoms with Crippen LogP contribution in [0, 0.1) is 12.7 Å². The number of benzene rings is 2. The van der Waals surface area contributed by atoms with Crippen molar-refractivity contribution < 1.29 is 9.18 Å². The quantitative estimate of drug-likeness (QED) is 0.577. The predicted octanol–water partition coefficient (Wildman–Crippen LogP) is 2.36. The molecule has 0 saturated heterocycles. The summed E-state index contributed by atoms with van der Waals surface area (Å²) in [6.45, 7) is 2.88. The fraction of sp³-hybridized carbons (Fsp3) is 0.263. The molecule has 0 saturated carbocycles. The van der Waals surface area contributed by atoms with E-state index in [9.17, 15) is 9.18 Å². The Morgan fingerprint density at radius 1 is 1.04 bits per heavy atom. The normalized spacial score (nSPS) is 11.1. The number of aliphatic imine (C=N–C) groups is 1. The first-order valence-corrected chi connectivity index (χ1v) is 8.04. The van der Waals surface area contributed by atoms with Crippen molar-refractivity contribution in [3.63, 3.8) is 0 Å². The molecule has 5 nitrogen and oxygen atoms in total. The molecular formula is C19H23FN4O. The van der Waals surface area contributed by atoms with Crippen molar-refractivity contribution in [2.45, 2.75) is 20.0 Å². The van der Waals surface area contributed by atoms with Crippen molar-refractivity contribution in [3.8, 4) is 0 Å². The highest BCUT2D eigenvalue weighted by atomic mass is 19.1. The standard InChI is InChI=1S/C19H23FN4O/c1-13-10-15(6-9-17(13)20)12-24-19(22-3)23-11-14-4-7-16(8-5-14)18(25)21-2/h4-10H,11-12H2,1-3H3,(H,21,25)(H2,22,23,24). The summed E-state index contributed by atoms with van der Waals surface area (Å²) in [6, 6.07) is 12.4. The van der Waals surface area contributed by atoms with Gasteiger partial charge in [-0.05, 0) is 41.8 Å².